The molecular weight excluding hydrogens is 354 g/mol. The van der Waals surface area contributed by atoms with E-state index in [0.717, 1.165) is 12.1 Å². The first-order chi connectivity index (χ1) is 13.5. The summed E-state index contributed by atoms with van der Waals surface area (Å²) in [7, 11) is 0. The van der Waals surface area contributed by atoms with Gasteiger partial charge in [0, 0.05) is 30.4 Å². The number of pyridine rings is 1. The summed E-state index contributed by atoms with van der Waals surface area (Å²) in [4.78, 5) is 26.9. The zero-order valence-corrected chi connectivity index (χ0v) is 16.0. The number of rotatable bonds is 4. The maximum absolute atomic E-state index is 11.8. The molecule has 1 amide bonds. The Labute approximate surface area is 163 Å². The lowest BCUT2D eigenvalue weighted by molar-refractivity contribution is -0.114. The quantitative estimate of drug-likeness (QED) is 0.804. The Morgan fingerprint density at radius 3 is 2.89 bits per heavy atom. The highest BCUT2D eigenvalue weighted by atomic mass is 16.5. The van der Waals surface area contributed by atoms with Crippen molar-refractivity contribution in [2.75, 3.05) is 6.54 Å². The third-order valence-corrected chi connectivity index (χ3v) is 5.55. The van der Waals surface area contributed by atoms with Gasteiger partial charge in [0.15, 0.2) is 0 Å². The Kier molecular flexibility index (Phi) is 4.65. The van der Waals surface area contributed by atoms with E-state index in [1.807, 2.05) is 24.4 Å². The van der Waals surface area contributed by atoms with Crippen LogP contribution in [0.1, 0.15) is 26.5 Å². The fraction of sp³-hybridized carbons (Fsp3) is 0.381. The van der Waals surface area contributed by atoms with Crippen LogP contribution in [-0.2, 0) is 4.79 Å². The van der Waals surface area contributed by atoms with Crippen LogP contribution >= 0.6 is 0 Å². The molecule has 142 valence electrons. The monoisotopic (exact) mass is 375 g/mol. The molecule has 0 aliphatic carbocycles. The van der Waals surface area contributed by atoms with Gasteiger partial charge in [-0.05, 0) is 50.6 Å². The molecule has 3 aliphatic heterocycles. The molecule has 4 heterocycles. The molecule has 3 aliphatic rings. The Hall–Kier alpha value is -3.11. The third-order valence-electron chi connectivity index (χ3n) is 5.55. The molecule has 0 radical (unpaired) electrons. The van der Waals surface area contributed by atoms with Crippen molar-refractivity contribution < 1.29 is 9.53 Å². The maximum Gasteiger partial charge on any atom is 0.272 e. The van der Waals surface area contributed by atoms with Gasteiger partial charge in [0.2, 0.25) is 0 Å². The number of carbonyl (C=O) groups excluding carboxylic acids is 1. The van der Waals surface area contributed by atoms with Crippen LogP contribution in [0.15, 0.2) is 51.6 Å². The summed E-state index contributed by atoms with van der Waals surface area (Å²) in [5.74, 6) is 0.482. The predicted molar refractivity (Wildman–Crippen MR) is 106 cm³/mol. The topological polar surface area (TPSA) is 90.9 Å². The predicted octanol–water partition coefficient (Wildman–Crippen LogP) is 2.10. The lowest BCUT2D eigenvalue weighted by Crippen LogP contribution is -2.64. The van der Waals surface area contributed by atoms with Gasteiger partial charge in [-0.2, -0.15) is 5.26 Å². The van der Waals surface area contributed by atoms with E-state index in [0.29, 0.717) is 22.7 Å². The Morgan fingerprint density at radius 2 is 2.21 bits per heavy atom. The van der Waals surface area contributed by atoms with Gasteiger partial charge < -0.3 is 4.74 Å². The molecule has 1 saturated heterocycles. The van der Waals surface area contributed by atoms with Crippen molar-refractivity contribution >= 4 is 17.8 Å². The first-order valence-electron chi connectivity index (χ1n) is 9.31. The van der Waals surface area contributed by atoms with E-state index in [-0.39, 0.29) is 30.1 Å². The fourth-order valence-corrected chi connectivity index (χ4v) is 3.64. The smallest absolute Gasteiger partial charge is 0.272 e. The van der Waals surface area contributed by atoms with E-state index in [9.17, 15) is 4.79 Å². The van der Waals surface area contributed by atoms with Crippen molar-refractivity contribution in [1.82, 2.24) is 9.88 Å². The molecule has 1 aromatic rings. The number of ether oxygens (including phenoxy) is 1. The van der Waals surface area contributed by atoms with Gasteiger partial charge in [-0.3, -0.25) is 14.7 Å². The number of nitriles is 1. The van der Waals surface area contributed by atoms with Crippen LogP contribution in [0.25, 0.3) is 0 Å². The highest BCUT2D eigenvalue weighted by Gasteiger charge is 2.41. The Balaban J connectivity index is 1.40. The highest BCUT2D eigenvalue weighted by molar-refractivity contribution is 6.16. The second-order valence-corrected chi connectivity index (χ2v) is 7.32. The molecule has 0 saturated carbocycles. The summed E-state index contributed by atoms with van der Waals surface area (Å²) in [5.41, 5.74) is 2.77. The van der Waals surface area contributed by atoms with Crippen molar-refractivity contribution in [2.45, 2.75) is 45.0 Å². The lowest BCUT2D eigenvalue weighted by Gasteiger charge is -2.49. The van der Waals surface area contributed by atoms with Crippen LogP contribution in [0.2, 0.25) is 0 Å². The number of fused-ring (bicyclic) bond motifs is 1. The molecule has 1 aromatic heterocycles. The second kappa shape index (κ2) is 7.13. The van der Waals surface area contributed by atoms with Gasteiger partial charge in [0.05, 0.1) is 11.9 Å². The van der Waals surface area contributed by atoms with E-state index in [1.165, 1.54) is 0 Å². The Morgan fingerprint density at radius 1 is 1.39 bits per heavy atom. The average Bonchev–Trinajstić information content (AvgIpc) is 2.71. The van der Waals surface area contributed by atoms with E-state index < -0.39 is 0 Å². The molecule has 0 aromatic carbocycles. The van der Waals surface area contributed by atoms with Gasteiger partial charge in [0.25, 0.3) is 5.91 Å². The van der Waals surface area contributed by atoms with E-state index in [4.69, 9.17) is 10.00 Å². The van der Waals surface area contributed by atoms with Gasteiger partial charge in [-0.1, -0.05) is 0 Å². The summed E-state index contributed by atoms with van der Waals surface area (Å²) in [6, 6.07) is 5.63. The highest BCUT2D eigenvalue weighted by Crippen LogP contribution is 2.29. The number of likely N-dealkylation sites (tertiary alicyclic amines) is 1. The van der Waals surface area contributed by atoms with E-state index in [1.54, 1.807) is 25.3 Å². The summed E-state index contributed by atoms with van der Waals surface area (Å²) < 4.78 is 6.00. The van der Waals surface area contributed by atoms with Crippen LogP contribution in [0.3, 0.4) is 0 Å². The van der Waals surface area contributed by atoms with Crippen molar-refractivity contribution in [3.05, 3.63) is 47.3 Å². The molecule has 0 bridgehead atoms. The molecule has 7 nitrogen and oxygen atoms in total. The van der Waals surface area contributed by atoms with Crippen molar-refractivity contribution in [1.29, 1.82) is 5.26 Å². The standard InChI is InChI=1S/C21H21N5O2/c1-12-6-18-19(25-21(12)27)7-15(9-24-18)13(2)26-11-20(14(26)3)28-17-5-4-16(8-22)23-10-17/h4-7,9-10,13-14,18,20H,11H2,1-3H3/t13-,14+,18?,20-/m0/s1. The van der Waals surface area contributed by atoms with Crippen LogP contribution in [0.4, 0.5) is 0 Å². The van der Waals surface area contributed by atoms with Crippen molar-refractivity contribution in [2.24, 2.45) is 9.98 Å². The SMILES string of the molecule is CC1=CC2N=CC([C@H](C)N3C[C@H](Oc4ccc(C#N)nc4)[C@H]3C)=CC2=NC1=O. The van der Waals surface area contributed by atoms with Gasteiger partial charge >= 0.3 is 0 Å². The first-order valence-corrected chi connectivity index (χ1v) is 9.31. The van der Waals surface area contributed by atoms with Gasteiger partial charge in [-0.15, -0.1) is 0 Å². The lowest BCUT2D eigenvalue weighted by atomic mass is 9.92. The Bertz CT molecular complexity index is 968. The number of nitrogens with zero attached hydrogens (tertiary/aromatic N) is 5. The molecule has 1 fully saturated rings. The van der Waals surface area contributed by atoms with Crippen LogP contribution in [0, 0.1) is 11.3 Å². The van der Waals surface area contributed by atoms with Crippen LogP contribution < -0.4 is 4.74 Å². The minimum Gasteiger partial charge on any atom is -0.486 e. The normalized spacial score (nSPS) is 27.6. The summed E-state index contributed by atoms with van der Waals surface area (Å²) in [6.07, 6.45) is 7.38. The third kappa shape index (κ3) is 3.27. The van der Waals surface area contributed by atoms with Crippen LogP contribution in [-0.4, -0.2) is 58.5 Å². The number of dihydropyridines is 2. The zero-order valence-electron chi connectivity index (χ0n) is 16.0. The second-order valence-electron chi connectivity index (χ2n) is 7.32. The fourth-order valence-electron chi connectivity index (χ4n) is 3.64. The maximum atomic E-state index is 11.8. The number of amides is 1. The average molecular weight is 375 g/mol. The van der Waals surface area contributed by atoms with Crippen molar-refractivity contribution in [3.8, 4) is 11.8 Å². The molecule has 0 N–H and O–H groups in total. The number of hydrogen-bond donors (Lipinski definition) is 0. The molecule has 4 rings (SSSR count). The minimum absolute atomic E-state index is 0.0604. The molecule has 28 heavy (non-hydrogen) atoms. The zero-order chi connectivity index (χ0) is 19.8. The van der Waals surface area contributed by atoms with E-state index >= 15 is 0 Å². The number of aromatic nitrogens is 1. The first kappa shape index (κ1) is 18.3. The molecular formula is C21H21N5O2. The van der Waals surface area contributed by atoms with Gasteiger partial charge in [0.1, 0.15) is 29.7 Å². The van der Waals surface area contributed by atoms with Gasteiger partial charge in [-0.25, -0.2) is 9.98 Å². The number of carbonyl (C=O) groups is 1. The molecule has 1 unspecified atom stereocenters. The molecule has 0 spiro atoms. The summed E-state index contributed by atoms with van der Waals surface area (Å²) in [6.45, 7) is 6.80. The minimum atomic E-state index is -0.187. The molecule has 4 atom stereocenters. The largest absolute Gasteiger partial charge is 0.486 e. The number of hydrogen-bond acceptors (Lipinski definition) is 6. The van der Waals surface area contributed by atoms with E-state index in [2.05, 4.69) is 33.7 Å². The van der Waals surface area contributed by atoms with Crippen molar-refractivity contribution in [3.63, 3.8) is 0 Å². The summed E-state index contributed by atoms with van der Waals surface area (Å²) >= 11 is 0. The number of aliphatic imine (C=N–C) groups is 2. The summed E-state index contributed by atoms with van der Waals surface area (Å²) in [5, 5.41) is 8.82. The molecule has 7 heteroatoms. The van der Waals surface area contributed by atoms with Crippen LogP contribution in [0.5, 0.6) is 5.75 Å².